The number of ketones is 1. The number of carbonyl (C=O) groups excluding carboxylic acids is 3. The number of amides is 3. The molecule has 1 aliphatic heterocycles. The second-order valence-electron chi connectivity index (χ2n) is 6.98. The van der Waals surface area contributed by atoms with Crippen LogP contribution < -0.4 is 5.32 Å². The molecule has 0 aromatic rings. The van der Waals surface area contributed by atoms with Gasteiger partial charge >= 0.3 is 12.0 Å². The molecule has 8 nitrogen and oxygen atoms in total. The van der Waals surface area contributed by atoms with Gasteiger partial charge in [-0.15, -0.1) is 0 Å². The van der Waals surface area contributed by atoms with Crippen LogP contribution in [0.3, 0.4) is 0 Å². The number of carboxylic acids is 1. The minimum Gasteiger partial charge on any atom is -0.481 e. The first-order valence-electron chi connectivity index (χ1n) is 9.42. The van der Waals surface area contributed by atoms with Crippen molar-refractivity contribution in [2.24, 2.45) is 11.0 Å². The number of hydrogen-bond acceptors (Lipinski definition) is 5. The molecule has 2 fully saturated rings. The first kappa shape index (κ1) is 20.1. The number of rotatable bonds is 10. The molecular weight excluding hydrogens is 338 g/mol. The van der Waals surface area contributed by atoms with Crippen LogP contribution in [0.2, 0.25) is 0 Å². The van der Waals surface area contributed by atoms with Gasteiger partial charge in [0.25, 0.3) is 5.91 Å². The summed E-state index contributed by atoms with van der Waals surface area (Å²) in [5.74, 6) is -1.32. The lowest BCUT2D eigenvalue weighted by molar-refractivity contribution is -0.137. The van der Waals surface area contributed by atoms with Gasteiger partial charge in [-0.3, -0.25) is 19.7 Å². The van der Waals surface area contributed by atoms with Gasteiger partial charge in [-0.25, -0.2) is 9.80 Å². The van der Waals surface area contributed by atoms with Crippen LogP contribution in [0.25, 0.3) is 0 Å². The molecule has 1 saturated heterocycles. The maximum atomic E-state index is 12.2. The maximum Gasteiger partial charge on any atom is 0.345 e. The summed E-state index contributed by atoms with van der Waals surface area (Å²) < 4.78 is 0. The fraction of sp³-hybridized carbons (Fsp3) is 0.722. The first-order valence-corrected chi connectivity index (χ1v) is 9.42. The molecule has 1 atom stereocenters. The van der Waals surface area contributed by atoms with Gasteiger partial charge in [-0.2, -0.15) is 5.10 Å². The van der Waals surface area contributed by atoms with Crippen molar-refractivity contribution in [2.45, 2.75) is 76.7 Å². The van der Waals surface area contributed by atoms with Crippen LogP contribution in [-0.2, 0) is 14.4 Å². The Balaban J connectivity index is 1.81. The third-order valence-electron chi connectivity index (χ3n) is 4.97. The fourth-order valence-electron chi connectivity index (χ4n) is 3.46. The minimum absolute atomic E-state index is 0.0263. The quantitative estimate of drug-likeness (QED) is 0.350. The average molecular weight is 365 g/mol. The molecule has 26 heavy (non-hydrogen) atoms. The second kappa shape index (κ2) is 10.0. The van der Waals surface area contributed by atoms with E-state index < -0.39 is 23.9 Å². The number of imide groups is 1. The molecule has 0 aromatic carbocycles. The smallest absolute Gasteiger partial charge is 0.345 e. The molecule has 144 valence electrons. The molecule has 1 aliphatic carbocycles. The highest BCUT2D eigenvalue weighted by Gasteiger charge is 2.38. The zero-order chi connectivity index (χ0) is 18.9. The molecule has 1 unspecified atom stereocenters. The summed E-state index contributed by atoms with van der Waals surface area (Å²) >= 11 is 0. The highest BCUT2D eigenvalue weighted by molar-refractivity contribution is 6.28. The van der Waals surface area contributed by atoms with E-state index in [-0.39, 0.29) is 18.1 Å². The molecular formula is C18H27N3O5. The number of carboxylic acid groups (broad SMARTS) is 1. The number of nitrogens with zero attached hydrogens (tertiary/aromatic N) is 2. The van der Waals surface area contributed by atoms with Crippen molar-refractivity contribution < 1.29 is 24.3 Å². The van der Waals surface area contributed by atoms with Crippen molar-refractivity contribution in [1.82, 2.24) is 10.3 Å². The summed E-state index contributed by atoms with van der Waals surface area (Å²) in [5, 5.41) is 15.9. The van der Waals surface area contributed by atoms with Crippen LogP contribution in [-0.4, -0.2) is 46.1 Å². The zero-order valence-corrected chi connectivity index (χ0v) is 15.0. The minimum atomic E-state index is -0.811. The molecule has 1 heterocycles. The van der Waals surface area contributed by atoms with Crippen LogP contribution in [0, 0.1) is 5.92 Å². The Labute approximate surface area is 153 Å². The van der Waals surface area contributed by atoms with E-state index in [1.54, 1.807) is 0 Å². The lowest BCUT2D eigenvalue weighted by atomic mass is 9.87. The molecule has 0 bridgehead atoms. The van der Waals surface area contributed by atoms with E-state index in [2.05, 4.69) is 10.4 Å². The predicted molar refractivity (Wildman–Crippen MR) is 94.6 cm³/mol. The van der Waals surface area contributed by atoms with Crippen molar-refractivity contribution in [1.29, 1.82) is 0 Å². The van der Waals surface area contributed by atoms with Crippen LogP contribution in [0.5, 0.6) is 0 Å². The molecule has 2 rings (SSSR count). The molecule has 0 radical (unpaired) electrons. The maximum absolute atomic E-state index is 12.2. The summed E-state index contributed by atoms with van der Waals surface area (Å²) in [6.45, 7) is 0. The normalized spacial score (nSPS) is 21.4. The van der Waals surface area contributed by atoms with E-state index in [1.807, 2.05) is 0 Å². The third-order valence-corrected chi connectivity index (χ3v) is 4.97. The van der Waals surface area contributed by atoms with E-state index in [9.17, 15) is 19.2 Å². The number of aliphatic carboxylic acids is 1. The van der Waals surface area contributed by atoms with Crippen LogP contribution in [0.4, 0.5) is 4.79 Å². The Kier molecular flexibility index (Phi) is 7.74. The zero-order valence-electron chi connectivity index (χ0n) is 15.0. The van der Waals surface area contributed by atoms with Crippen molar-refractivity contribution in [3.8, 4) is 0 Å². The highest BCUT2D eigenvalue weighted by Crippen LogP contribution is 2.24. The van der Waals surface area contributed by atoms with Gasteiger partial charge in [-0.1, -0.05) is 38.5 Å². The number of urea groups is 1. The van der Waals surface area contributed by atoms with Gasteiger partial charge in [0, 0.05) is 12.3 Å². The SMILES string of the molecule is O=C(O)CCCCCCC1C(=O)NC(=O)N1/N=C/C(=O)C1CCCCC1. The summed E-state index contributed by atoms with van der Waals surface area (Å²) in [7, 11) is 0. The molecule has 2 aliphatic rings. The van der Waals surface area contributed by atoms with Gasteiger partial charge < -0.3 is 5.11 Å². The van der Waals surface area contributed by atoms with Crippen molar-refractivity contribution >= 4 is 29.9 Å². The number of nitrogens with one attached hydrogen (secondary N) is 1. The fourth-order valence-corrected chi connectivity index (χ4v) is 3.46. The van der Waals surface area contributed by atoms with Gasteiger partial charge in [0.05, 0.1) is 6.21 Å². The van der Waals surface area contributed by atoms with E-state index in [0.717, 1.165) is 50.0 Å². The lowest BCUT2D eigenvalue weighted by Crippen LogP contribution is -2.31. The Hall–Kier alpha value is -2.25. The number of carbonyl (C=O) groups is 4. The molecule has 0 aromatic heterocycles. The number of hydrazone groups is 1. The van der Waals surface area contributed by atoms with E-state index in [4.69, 9.17) is 5.11 Å². The summed E-state index contributed by atoms with van der Waals surface area (Å²) in [6, 6.07) is -1.30. The Morgan fingerprint density at radius 2 is 1.81 bits per heavy atom. The van der Waals surface area contributed by atoms with Crippen molar-refractivity contribution in [3.63, 3.8) is 0 Å². The molecule has 0 spiro atoms. The molecule has 3 amide bonds. The molecule has 1 saturated carbocycles. The summed E-state index contributed by atoms with van der Waals surface area (Å²) in [5.41, 5.74) is 0. The Morgan fingerprint density at radius 3 is 2.50 bits per heavy atom. The van der Waals surface area contributed by atoms with Crippen LogP contribution in [0.1, 0.15) is 70.6 Å². The summed E-state index contributed by atoms with van der Waals surface area (Å²) in [6.07, 6.45) is 9.55. The van der Waals surface area contributed by atoms with Crippen LogP contribution >= 0.6 is 0 Å². The van der Waals surface area contributed by atoms with Gasteiger partial charge in [-0.05, 0) is 25.7 Å². The average Bonchev–Trinajstić information content (AvgIpc) is 2.89. The number of unbranched alkanes of at least 4 members (excludes halogenated alkanes) is 3. The van der Waals surface area contributed by atoms with Crippen LogP contribution in [0.15, 0.2) is 5.10 Å². The van der Waals surface area contributed by atoms with E-state index in [0.29, 0.717) is 19.3 Å². The third kappa shape index (κ3) is 5.93. The number of Topliss-reactive ketones (excluding diaryl/α,β-unsaturated/α-hetero) is 1. The largest absolute Gasteiger partial charge is 0.481 e. The van der Waals surface area contributed by atoms with Gasteiger partial charge in [0.1, 0.15) is 6.04 Å². The standard InChI is InChI=1S/C18H27N3O5/c22-15(13-8-4-3-5-9-13)12-19-21-14(17(25)20-18(21)26)10-6-1-2-7-11-16(23)24/h12-14H,1-11H2,(H,23,24)(H,20,25,26)/b19-12+. The lowest BCUT2D eigenvalue weighted by Gasteiger charge is -2.19. The summed E-state index contributed by atoms with van der Waals surface area (Å²) in [4.78, 5) is 46.5. The van der Waals surface area contributed by atoms with Gasteiger partial charge in [0.15, 0.2) is 5.78 Å². The van der Waals surface area contributed by atoms with Gasteiger partial charge in [0.2, 0.25) is 0 Å². The topological polar surface area (TPSA) is 116 Å². The van der Waals surface area contributed by atoms with E-state index >= 15 is 0 Å². The molecule has 8 heteroatoms. The van der Waals surface area contributed by atoms with Crippen molar-refractivity contribution in [2.75, 3.05) is 0 Å². The Bertz CT molecular complexity index is 569. The molecule has 2 N–H and O–H groups in total. The predicted octanol–water partition coefficient (Wildman–Crippen LogP) is 2.47. The van der Waals surface area contributed by atoms with Crippen molar-refractivity contribution in [3.05, 3.63) is 0 Å². The monoisotopic (exact) mass is 365 g/mol. The second-order valence-corrected chi connectivity index (χ2v) is 6.98. The number of hydrogen-bond donors (Lipinski definition) is 2. The first-order chi connectivity index (χ1) is 12.5. The van der Waals surface area contributed by atoms with E-state index in [1.165, 1.54) is 6.21 Å². The highest BCUT2D eigenvalue weighted by atomic mass is 16.4. The Morgan fingerprint density at radius 1 is 1.12 bits per heavy atom.